The van der Waals surface area contributed by atoms with Gasteiger partial charge in [-0.05, 0) is 44.8 Å². The molecule has 1 aromatic rings. The first-order valence-electron chi connectivity index (χ1n) is 9.23. The van der Waals surface area contributed by atoms with E-state index >= 15 is 0 Å². The number of carbonyl (C=O) groups excluding carboxylic acids is 1. The Morgan fingerprint density at radius 2 is 2.00 bits per heavy atom. The second-order valence-electron chi connectivity index (χ2n) is 6.64. The number of ether oxygens (including phenoxy) is 2. The molecule has 0 bridgehead atoms. The molecule has 2 fully saturated rings. The summed E-state index contributed by atoms with van der Waals surface area (Å²) in [7, 11) is 0. The number of morpholine rings is 1. The van der Waals surface area contributed by atoms with E-state index in [4.69, 9.17) is 13.9 Å². The van der Waals surface area contributed by atoms with Gasteiger partial charge < -0.3 is 18.8 Å². The highest BCUT2D eigenvalue weighted by atomic mass is 16.6. The van der Waals surface area contributed by atoms with Gasteiger partial charge in [-0.1, -0.05) is 6.08 Å². The topological polar surface area (TPSA) is 55.2 Å². The molecule has 3 rings (SSSR count). The number of rotatable bonds is 8. The average molecular weight is 348 g/mol. The van der Waals surface area contributed by atoms with Gasteiger partial charge in [0.15, 0.2) is 5.76 Å². The Morgan fingerprint density at radius 1 is 1.24 bits per heavy atom. The molecule has 1 amide bonds. The number of furan rings is 1. The van der Waals surface area contributed by atoms with Gasteiger partial charge in [0.1, 0.15) is 6.10 Å². The molecule has 6 heteroatoms. The van der Waals surface area contributed by atoms with E-state index in [1.54, 1.807) is 17.0 Å². The van der Waals surface area contributed by atoms with E-state index in [2.05, 4.69) is 11.5 Å². The van der Waals surface area contributed by atoms with Crippen LogP contribution < -0.4 is 4.74 Å². The summed E-state index contributed by atoms with van der Waals surface area (Å²) in [6, 6.07) is 3.45. The lowest BCUT2D eigenvalue weighted by Crippen LogP contribution is -2.40. The van der Waals surface area contributed by atoms with E-state index in [9.17, 15) is 4.79 Å². The lowest BCUT2D eigenvalue weighted by Gasteiger charge is -2.25. The van der Waals surface area contributed by atoms with Crippen LogP contribution in [0.25, 0.3) is 0 Å². The van der Waals surface area contributed by atoms with Crippen molar-refractivity contribution in [1.29, 1.82) is 0 Å². The second-order valence-corrected chi connectivity index (χ2v) is 6.64. The van der Waals surface area contributed by atoms with Gasteiger partial charge in [0.2, 0.25) is 0 Å². The molecule has 138 valence electrons. The van der Waals surface area contributed by atoms with E-state index in [-0.39, 0.29) is 12.0 Å². The van der Waals surface area contributed by atoms with Crippen LogP contribution in [0, 0.1) is 0 Å². The molecule has 1 atom stereocenters. The van der Waals surface area contributed by atoms with E-state index < -0.39 is 0 Å². The van der Waals surface area contributed by atoms with Gasteiger partial charge in [0.05, 0.1) is 13.2 Å². The first-order valence-corrected chi connectivity index (χ1v) is 9.23. The van der Waals surface area contributed by atoms with Gasteiger partial charge >= 0.3 is 0 Å². The zero-order valence-corrected chi connectivity index (χ0v) is 14.8. The van der Waals surface area contributed by atoms with Gasteiger partial charge in [-0.15, -0.1) is 6.58 Å². The minimum absolute atomic E-state index is 0.0496. The number of nitrogens with zero attached hydrogens (tertiary/aromatic N) is 2. The number of amides is 1. The Hall–Kier alpha value is -1.79. The molecule has 3 heterocycles. The molecule has 2 aliphatic heterocycles. The van der Waals surface area contributed by atoms with Crippen LogP contribution in [0.3, 0.4) is 0 Å². The Morgan fingerprint density at radius 3 is 2.72 bits per heavy atom. The minimum atomic E-state index is -0.0969. The van der Waals surface area contributed by atoms with E-state index in [0.29, 0.717) is 38.0 Å². The summed E-state index contributed by atoms with van der Waals surface area (Å²) in [6.07, 6.45) is 6.27. The third-order valence-corrected chi connectivity index (χ3v) is 4.73. The Labute approximate surface area is 149 Å². The Balaban J connectivity index is 1.58. The van der Waals surface area contributed by atoms with Crippen LogP contribution in [0.2, 0.25) is 0 Å². The van der Waals surface area contributed by atoms with Crippen molar-refractivity contribution in [3.8, 4) is 5.95 Å². The van der Waals surface area contributed by atoms with Crippen LogP contribution >= 0.6 is 0 Å². The predicted octanol–water partition coefficient (Wildman–Crippen LogP) is 2.56. The molecule has 2 saturated heterocycles. The quantitative estimate of drug-likeness (QED) is 0.676. The fourth-order valence-corrected chi connectivity index (χ4v) is 3.33. The van der Waals surface area contributed by atoms with Crippen molar-refractivity contribution in [1.82, 2.24) is 9.80 Å². The van der Waals surface area contributed by atoms with Gasteiger partial charge in [-0.3, -0.25) is 9.69 Å². The van der Waals surface area contributed by atoms with Crippen molar-refractivity contribution >= 4 is 5.91 Å². The van der Waals surface area contributed by atoms with Gasteiger partial charge in [-0.25, -0.2) is 0 Å². The maximum atomic E-state index is 12.4. The maximum Gasteiger partial charge on any atom is 0.289 e. The summed E-state index contributed by atoms with van der Waals surface area (Å²) >= 11 is 0. The van der Waals surface area contributed by atoms with E-state index in [1.807, 2.05) is 6.08 Å². The van der Waals surface area contributed by atoms with Crippen LogP contribution in [0.5, 0.6) is 5.95 Å². The Kier molecular flexibility index (Phi) is 6.53. The summed E-state index contributed by atoms with van der Waals surface area (Å²) in [6.45, 7) is 9.32. The van der Waals surface area contributed by atoms with Crippen LogP contribution in [-0.2, 0) is 4.74 Å². The molecule has 0 aromatic carbocycles. The van der Waals surface area contributed by atoms with Crippen molar-refractivity contribution in [3.63, 3.8) is 0 Å². The molecule has 0 N–H and O–H groups in total. The first-order chi connectivity index (χ1) is 12.3. The standard InChI is InChI=1S/C19H28N2O4/c1-2-3-6-16(15-20-9-4-5-10-20)24-18-8-7-17(25-18)19(22)21-11-13-23-14-12-21/h2,7-8,16H,1,3-6,9-15H2. The van der Waals surface area contributed by atoms with Crippen LogP contribution in [0.1, 0.15) is 36.2 Å². The molecule has 0 radical (unpaired) electrons. The molecule has 2 aliphatic rings. The predicted molar refractivity (Wildman–Crippen MR) is 95.0 cm³/mol. The molecule has 0 saturated carbocycles. The summed E-state index contributed by atoms with van der Waals surface area (Å²) in [4.78, 5) is 16.6. The Bertz CT molecular complexity index is 560. The van der Waals surface area contributed by atoms with E-state index in [0.717, 1.165) is 32.5 Å². The molecule has 1 unspecified atom stereocenters. The molecular formula is C19H28N2O4. The monoisotopic (exact) mass is 348 g/mol. The minimum Gasteiger partial charge on any atom is -0.460 e. The van der Waals surface area contributed by atoms with Gasteiger partial charge in [-0.2, -0.15) is 0 Å². The molecular weight excluding hydrogens is 320 g/mol. The summed E-state index contributed by atoms with van der Waals surface area (Å²) < 4.78 is 17.0. The zero-order chi connectivity index (χ0) is 17.5. The maximum absolute atomic E-state index is 12.4. The van der Waals surface area contributed by atoms with Crippen LogP contribution in [0.4, 0.5) is 0 Å². The number of carbonyl (C=O) groups is 1. The summed E-state index contributed by atoms with van der Waals surface area (Å²) in [5.41, 5.74) is 0. The zero-order valence-electron chi connectivity index (χ0n) is 14.8. The lowest BCUT2D eigenvalue weighted by atomic mass is 10.2. The van der Waals surface area contributed by atoms with Crippen molar-refractivity contribution < 1.29 is 18.7 Å². The fraction of sp³-hybridized carbons (Fsp3) is 0.632. The number of hydrogen-bond donors (Lipinski definition) is 0. The summed E-state index contributed by atoms with van der Waals surface area (Å²) in [5.74, 6) is 0.658. The highest BCUT2D eigenvalue weighted by molar-refractivity contribution is 5.91. The molecule has 25 heavy (non-hydrogen) atoms. The van der Waals surface area contributed by atoms with Gasteiger partial charge in [0, 0.05) is 25.7 Å². The largest absolute Gasteiger partial charge is 0.460 e. The average Bonchev–Trinajstić information content (AvgIpc) is 3.32. The van der Waals surface area contributed by atoms with Crippen LogP contribution in [0.15, 0.2) is 29.2 Å². The fourth-order valence-electron chi connectivity index (χ4n) is 3.33. The SMILES string of the molecule is C=CCCC(CN1CCCC1)Oc1ccc(C(=O)N2CCOCC2)o1. The van der Waals surface area contributed by atoms with Crippen molar-refractivity contribution in [2.45, 2.75) is 31.8 Å². The van der Waals surface area contributed by atoms with E-state index in [1.165, 1.54) is 12.8 Å². The smallest absolute Gasteiger partial charge is 0.289 e. The highest BCUT2D eigenvalue weighted by Crippen LogP contribution is 2.22. The van der Waals surface area contributed by atoms with Crippen molar-refractivity contribution in [2.24, 2.45) is 0 Å². The number of hydrogen-bond acceptors (Lipinski definition) is 5. The number of allylic oxidation sites excluding steroid dienone is 1. The highest BCUT2D eigenvalue weighted by Gasteiger charge is 2.23. The first kappa shape index (κ1) is 18.0. The molecule has 1 aromatic heterocycles. The number of likely N-dealkylation sites (tertiary alicyclic amines) is 1. The molecule has 0 aliphatic carbocycles. The van der Waals surface area contributed by atoms with Crippen LogP contribution in [-0.4, -0.2) is 67.7 Å². The summed E-state index contributed by atoms with van der Waals surface area (Å²) in [5, 5.41) is 0. The second kappa shape index (κ2) is 9.06. The third-order valence-electron chi connectivity index (χ3n) is 4.73. The molecule has 6 nitrogen and oxygen atoms in total. The third kappa shape index (κ3) is 5.09. The van der Waals surface area contributed by atoms with Crippen molar-refractivity contribution in [3.05, 3.63) is 30.5 Å². The van der Waals surface area contributed by atoms with Gasteiger partial charge in [0.25, 0.3) is 11.9 Å². The normalized spacial score (nSPS) is 19.8. The lowest BCUT2D eigenvalue weighted by molar-refractivity contribution is 0.0274. The van der Waals surface area contributed by atoms with Crippen molar-refractivity contribution in [2.75, 3.05) is 45.9 Å². The molecule has 0 spiro atoms.